The summed E-state index contributed by atoms with van der Waals surface area (Å²) in [6.45, 7) is 1.90. The maximum atomic E-state index is 11.8. The van der Waals surface area contributed by atoms with E-state index in [2.05, 4.69) is 0 Å². The van der Waals surface area contributed by atoms with Crippen LogP contribution in [0.15, 0.2) is 54.6 Å². The number of hydrogen-bond donors (Lipinski definition) is 1. The lowest BCUT2D eigenvalue weighted by Gasteiger charge is -2.32. The summed E-state index contributed by atoms with van der Waals surface area (Å²) in [4.78, 5) is 0. The van der Waals surface area contributed by atoms with Crippen molar-refractivity contribution in [3.05, 3.63) is 76.9 Å². The second kappa shape index (κ2) is 7.66. The molecule has 156 valence electrons. The highest BCUT2D eigenvalue weighted by atomic mass is 32.2. The minimum Gasteiger partial charge on any atom is -0.497 e. The summed E-state index contributed by atoms with van der Waals surface area (Å²) in [6.07, 6.45) is -0.435. The van der Waals surface area contributed by atoms with Gasteiger partial charge in [-0.15, -0.1) is 0 Å². The molecule has 1 heterocycles. The van der Waals surface area contributed by atoms with Crippen LogP contribution in [0.1, 0.15) is 28.4 Å². The summed E-state index contributed by atoms with van der Waals surface area (Å²) in [7, 11) is -0.446. The number of ether oxygens (including phenoxy) is 3. The number of nitrogens with two attached hydrogens (primary N) is 1. The Morgan fingerprint density at radius 2 is 1.80 bits per heavy atom. The fourth-order valence-corrected chi connectivity index (χ4v) is 4.72. The van der Waals surface area contributed by atoms with Gasteiger partial charge >= 0.3 is 0 Å². The van der Waals surface area contributed by atoms with Crippen molar-refractivity contribution < 1.29 is 22.6 Å². The van der Waals surface area contributed by atoms with Gasteiger partial charge in [-0.25, -0.2) is 13.6 Å². The van der Waals surface area contributed by atoms with Gasteiger partial charge in [0.15, 0.2) is 0 Å². The molecular formula is C23H23NO5S. The number of rotatable bonds is 5. The summed E-state index contributed by atoms with van der Waals surface area (Å²) >= 11 is 0. The molecule has 3 aromatic rings. The predicted octanol–water partition coefficient (Wildman–Crippen LogP) is 3.95. The van der Waals surface area contributed by atoms with Crippen molar-refractivity contribution in [2.24, 2.45) is 5.14 Å². The molecule has 4 rings (SSSR count). The molecular weight excluding hydrogens is 402 g/mol. The summed E-state index contributed by atoms with van der Waals surface area (Å²) in [5, 5.41) is 5.32. The first-order chi connectivity index (χ1) is 14.3. The third-order valence-corrected chi connectivity index (χ3v) is 6.08. The smallest absolute Gasteiger partial charge is 0.213 e. The van der Waals surface area contributed by atoms with E-state index in [1.807, 2.05) is 61.5 Å². The second-order valence-corrected chi connectivity index (χ2v) is 8.84. The van der Waals surface area contributed by atoms with Gasteiger partial charge in [0.05, 0.1) is 25.5 Å². The van der Waals surface area contributed by atoms with Crippen LogP contribution >= 0.6 is 0 Å². The van der Waals surface area contributed by atoms with Gasteiger partial charge in [0.2, 0.25) is 10.0 Å². The highest BCUT2D eigenvalue weighted by Crippen LogP contribution is 2.50. The molecule has 0 radical (unpaired) electrons. The zero-order valence-corrected chi connectivity index (χ0v) is 17.8. The number of sulfonamides is 1. The normalized spacial score (nSPS) is 15.0. The molecule has 3 aromatic carbocycles. The number of benzene rings is 3. The number of fused-ring (bicyclic) bond motifs is 3. The summed E-state index contributed by atoms with van der Waals surface area (Å²) < 4.78 is 40.9. The Kier molecular flexibility index (Phi) is 5.17. The zero-order chi connectivity index (χ0) is 21.5. The summed E-state index contributed by atoms with van der Waals surface area (Å²) in [5.74, 6) is 1.87. The Morgan fingerprint density at radius 1 is 1.03 bits per heavy atom. The third kappa shape index (κ3) is 3.62. The van der Waals surface area contributed by atoms with E-state index in [0.717, 1.165) is 27.8 Å². The van der Waals surface area contributed by atoms with E-state index in [1.54, 1.807) is 14.2 Å². The van der Waals surface area contributed by atoms with E-state index in [1.165, 1.54) is 0 Å². The molecule has 1 aliphatic heterocycles. The van der Waals surface area contributed by atoms with E-state index in [4.69, 9.17) is 19.3 Å². The molecule has 1 aliphatic rings. The van der Waals surface area contributed by atoms with Gasteiger partial charge in [-0.05, 0) is 47.9 Å². The lowest BCUT2D eigenvalue weighted by Crippen LogP contribution is -2.20. The predicted molar refractivity (Wildman–Crippen MR) is 115 cm³/mol. The van der Waals surface area contributed by atoms with E-state index in [9.17, 15) is 8.42 Å². The largest absolute Gasteiger partial charge is 0.497 e. The van der Waals surface area contributed by atoms with E-state index < -0.39 is 16.1 Å². The monoisotopic (exact) mass is 425 g/mol. The molecule has 0 aromatic heterocycles. The first kappa shape index (κ1) is 20.3. The lowest BCUT2D eigenvalue weighted by molar-refractivity contribution is 0.240. The van der Waals surface area contributed by atoms with E-state index in [0.29, 0.717) is 22.8 Å². The molecule has 0 saturated carbocycles. The first-order valence-corrected chi connectivity index (χ1v) is 11.1. The van der Waals surface area contributed by atoms with E-state index >= 15 is 0 Å². The van der Waals surface area contributed by atoms with Crippen LogP contribution in [0.5, 0.6) is 17.2 Å². The molecule has 0 spiro atoms. The molecule has 0 bridgehead atoms. The fourth-order valence-electron chi connectivity index (χ4n) is 3.97. The van der Waals surface area contributed by atoms with Crippen molar-refractivity contribution in [1.82, 2.24) is 0 Å². The van der Waals surface area contributed by atoms with Crippen LogP contribution in [0, 0.1) is 6.92 Å². The van der Waals surface area contributed by atoms with Crippen molar-refractivity contribution in [2.45, 2.75) is 18.8 Å². The first-order valence-electron chi connectivity index (χ1n) is 9.43. The number of primary sulfonamides is 1. The van der Waals surface area contributed by atoms with Crippen molar-refractivity contribution in [2.75, 3.05) is 14.2 Å². The molecule has 6 nitrogen and oxygen atoms in total. The van der Waals surface area contributed by atoms with Gasteiger partial charge in [0, 0.05) is 11.1 Å². The molecule has 0 amide bonds. The maximum Gasteiger partial charge on any atom is 0.213 e. The zero-order valence-electron chi connectivity index (χ0n) is 17.0. The molecule has 0 aliphatic carbocycles. The van der Waals surface area contributed by atoms with Gasteiger partial charge < -0.3 is 14.2 Å². The molecule has 0 fully saturated rings. The van der Waals surface area contributed by atoms with E-state index in [-0.39, 0.29) is 5.75 Å². The lowest BCUT2D eigenvalue weighted by atomic mass is 9.84. The molecule has 2 N–H and O–H groups in total. The van der Waals surface area contributed by atoms with Crippen molar-refractivity contribution in [3.8, 4) is 28.4 Å². The Morgan fingerprint density at radius 3 is 2.50 bits per heavy atom. The van der Waals surface area contributed by atoms with Crippen LogP contribution in [-0.2, 0) is 15.8 Å². The topological polar surface area (TPSA) is 87.8 Å². The van der Waals surface area contributed by atoms with Crippen molar-refractivity contribution >= 4 is 10.0 Å². The van der Waals surface area contributed by atoms with Gasteiger partial charge in [0.1, 0.15) is 23.4 Å². The second-order valence-electron chi connectivity index (χ2n) is 7.23. The van der Waals surface area contributed by atoms with Crippen LogP contribution in [0.4, 0.5) is 0 Å². The van der Waals surface area contributed by atoms with Gasteiger partial charge in [-0.3, -0.25) is 0 Å². The maximum absolute atomic E-state index is 11.8. The average Bonchev–Trinajstić information content (AvgIpc) is 2.73. The highest BCUT2D eigenvalue weighted by molar-refractivity contribution is 7.88. The SMILES string of the molecule is COc1cccc(C2Oc3cccc(OC)c3-c3ccc(CS(N)(=O)=O)c(C)c32)c1. The van der Waals surface area contributed by atoms with Crippen molar-refractivity contribution in [3.63, 3.8) is 0 Å². The molecule has 7 heteroatoms. The Balaban J connectivity index is 1.98. The van der Waals surface area contributed by atoms with Gasteiger partial charge in [-0.2, -0.15) is 0 Å². The van der Waals surface area contributed by atoms with Crippen LogP contribution in [-0.4, -0.2) is 22.6 Å². The van der Waals surface area contributed by atoms with Crippen LogP contribution in [0.25, 0.3) is 11.1 Å². The Hall–Kier alpha value is -3.03. The van der Waals surface area contributed by atoms with Gasteiger partial charge in [0.25, 0.3) is 0 Å². The fraction of sp³-hybridized carbons (Fsp3) is 0.217. The number of methoxy groups -OCH3 is 2. The van der Waals surface area contributed by atoms with Gasteiger partial charge in [-0.1, -0.05) is 30.3 Å². The minimum atomic E-state index is -3.68. The third-order valence-electron chi connectivity index (χ3n) is 5.36. The summed E-state index contributed by atoms with van der Waals surface area (Å²) in [6, 6.07) is 17.1. The van der Waals surface area contributed by atoms with Crippen LogP contribution in [0.3, 0.4) is 0 Å². The molecule has 30 heavy (non-hydrogen) atoms. The molecule has 0 saturated heterocycles. The summed E-state index contributed by atoms with van der Waals surface area (Å²) in [5.41, 5.74) is 5.05. The minimum absolute atomic E-state index is 0.240. The van der Waals surface area contributed by atoms with Crippen LogP contribution < -0.4 is 19.3 Å². The Labute approximate surface area is 176 Å². The standard InChI is InChI=1S/C23H23NO5S/c1-14-16(13-30(24,25)26)10-11-18-21(14)23(15-6-4-7-17(12-15)27-2)29-20-9-5-8-19(28-3)22(18)20/h4-12,23H,13H2,1-3H3,(H2,24,25,26). The Bertz CT molecular complexity index is 1220. The number of hydrogen-bond acceptors (Lipinski definition) is 5. The average molecular weight is 426 g/mol. The highest BCUT2D eigenvalue weighted by Gasteiger charge is 2.32. The molecule has 1 unspecified atom stereocenters. The quantitative estimate of drug-likeness (QED) is 0.669. The van der Waals surface area contributed by atoms with Crippen molar-refractivity contribution in [1.29, 1.82) is 0 Å². The molecule has 1 atom stereocenters. The van der Waals surface area contributed by atoms with Crippen LogP contribution in [0.2, 0.25) is 0 Å².